The molecule has 5 rings (SSSR count). The summed E-state index contributed by atoms with van der Waals surface area (Å²) in [6.07, 6.45) is 2.14. The molecule has 1 N–H and O–H groups in total. The summed E-state index contributed by atoms with van der Waals surface area (Å²) in [6, 6.07) is 14.8. The number of piperidine rings is 1. The molecule has 2 aromatic heterocycles. The fourth-order valence-corrected chi connectivity index (χ4v) is 5.80. The van der Waals surface area contributed by atoms with Gasteiger partial charge in [0.2, 0.25) is 0 Å². The molecule has 1 aliphatic heterocycles. The smallest absolute Gasteiger partial charge is 0.296 e. The van der Waals surface area contributed by atoms with Crippen LogP contribution < -0.4 is 15.6 Å². The molecule has 8 heteroatoms. The molecule has 0 saturated carbocycles. The topological polar surface area (TPSA) is 81.4 Å². The lowest BCUT2D eigenvalue weighted by atomic mass is 9.92. The Labute approximate surface area is 216 Å². The monoisotopic (exact) mass is 501 g/mol. The number of hydrogen-bond acceptors (Lipinski definition) is 5. The van der Waals surface area contributed by atoms with Crippen molar-refractivity contribution in [2.75, 3.05) is 33.3 Å². The van der Waals surface area contributed by atoms with E-state index in [9.17, 15) is 9.59 Å². The van der Waals surface area contributed by atoms with Gasteiger partial charge in [-0.1, -0.05) is 32.0 Å². The Kier molecular flexibility index (Phi) is 7.02. The molecule has 1 saturated heterocycles. The van der Waals surface area contributed by atoms with Gasteiger partial charge in [0.25, 0.3) is 11.5 Å². The van der Waals surface area contributed by atoms with Gasteiger partial charge in [0.05, 0.1) is 12.8 Å². The van der Waals surface area contributed by atoms with Crippen LogP contribution in [-0.4, -0.2) is 58.4 Å². The average Bonchev–Trinajstić information content (AvgIpc) is 3.19. The maximum Gasteiger partial charge on any atom is 0.296 e. The molecule has 3 heterocycles. The van der Waals surface area contributed by atoms with Gasteiger partial charge >= 0.3 is 0 Å². The van der Waals surface area contributed by atoms with E-state index in [-0.39, 0.29) is 17.2 Å². The number of amides is 1. The highest BCUT2D eigenvalue weighted by Crippen LogP contribution is 2.28. The van der Waals surface area contributed by atoms with Crippen LogP contribution in [0.4, 0.5) is 0 Å². The van der Waals surface area contributed by atoms with E-state index < -0.39 is 0 Å². The van der Waals surface area contributed by atoms with Crippen LogP contribution in [0.2, 0.25) is 0 Å². The first-order chi connectivity index (χ1) is 17.9. The first kappa shape index (κ1) is 25.0. The third-order valence-electron chi connectivity index (χ3n) is 7.35. The maximum absolute atomic E-state index is 13.6. The van der Waals surface area contributed by atoms with Gasteiger partial charge in [0.15, 0.2) is 5.69 Å². The molecule has 1 fully saturated rings. The third kappa shape index (κ3) is 4.85. The fourth-order valence-electron chi connectivity index (χ4n) is 5.80. The summed E-state index contributed by atoms with van der Waals surface area (Å²) in [5.74, 6) is 1.82. The second-order valence-electron chi connectivity index (χ2n) is 10.4. The Bertz CT molecular complexity index is 1480. The Morgan fingerprint density at radius 2 is 1.78 bits per heavy atom. The van der Waals surface area contributed by atoms with E-state index >= 15 is 0 Å². The second-order valence-corrected chi connectivity index (χ2v) is 10.4. The van der Waals surface area contributed by atoms with E-state index in [1.165, 1.54) is 11.1 Å². The number of benzene rings is 2. The highest BCUT2D eigenvalue weighted by Gasteiger charge is 2.24. The van der Waals surface area contributed by atoms with Crippen LogP contribution in [0.15, 0.2) is 53.3 Å². The number of fused-ring (bicyclic) bond motifs is 3. The van der Waals surface area contributed by atoms with Crippen LogP contribution in [-0.2, 0) is 7.05 Å². The lowest BCUT2D eigenvalue weighted by Crippen LogP contribution is -2.40. The number of aromatic nitrogens is 3. The highest BCUT2D eigenvalue weighted by atomic mass is 16.5. The number of carbonyl (C=O) groups is 1. The molecule has 0 unspecified atom stereocenters. The van der Waals surface area contributed by atoms with Gasteiger partial charge in [-0.05, 0) is 61.6 Å². The van der Waals surface area contributed by atoms with Crippen molar-refractivity contribution in [2.24, 2.45) is 18.9 Å². The summed E-state index contributed by atoms with van der Waals surface area (Å²) in [5, 5.41) is 9.10. The van der Waals surface area contributed by atoms with Crippen LogP contribution in [0, 0.1) is 11.8 Å². The van der Waals surface area contributed by atoms with Crippen molar-refractivity contribution in [3.8, 4) is 11.4 Å². The van der Waals surface area contributed by atoms with Crippen molar-refractivity contribution in [2.45, 2.75) is 26.7 Å². The first-order valence-corrected chi connectivity index (χ1v) is 13.0. The largest absolute Gasteiger partial charge is 0.497 e. The minimum atomic E-state index is -0.274. The first-order valence-electron chi connectivity index (χ1n) is 13.0. The van der Waals surface area contributed by atoms with Crippen molar-refractivity contribution in [1.82, 2.24) is 24.6 Å². The summed E-state index contributed by atoms with van der Waals surface area (Å²) >= 11 is 0. The molecule has 0 spiro atoms. The van der Waals surface area contributed by atoms with Gasteiger partial charge in [-0.15, -0.1) is 0 Å². The molecule has 4 aromatic rings. The van der Waals surface area contributed by atoms with Crippen LogP contribution in [0.5, 0.6) is 5.75 Å². The molecule has 0 radical (unpaired) electrons. The molecule has 1 amide bonds. The Morgan fingerprint density at radius 3 is 2.49 bits per heavy atom. The summed E-state index contributed by atoms with van der Waals surface area (Å²) in [7, 11) is 3.45. The van der Waals surface area contributed by atoms with E-state index in [1.54, 1.807) is 31.4 Å². The van der Waals surface area contributed by atoms with E-state index in [0.717, 1.165) is 37.0 Å². The van der Waals surface area contributed by atoms with Crippen LogP contribution in [0.3, 0.4) is 0 Å². The summed E-state index contributed by atoms with van der Waals surface area (Å²) in [6.45, 7) is 8.35. The van der Waals surface area contributed by atoms with Gasteiger partial charge in [0.1, 0.15) is 11.3 Å². The normalized spacial score (nSPS) is 18.4. The van der Waals surface area contributed by atoms with Crippen molar-refractivity contribution in [1.29, 1.82) is 0 Å². The van der Waals surface area contributed by atoms with Gasteiger partial charge in [0, 0.05) is 43.0 Å². The molecule has 0 aliphatic carbocycles. The zero-order chi connectivity index (χ0) is 26.1. The lowest BCUT2D eigenvalue weighted by Gasteiger charge is -2.34. The predicted molar refractivity (Wildman–Crippen MR) is 147 cm³/mol. The highest BCUT2D eigenvalue weighted by molar-refractivity contribution is 6.16. The molecule has 1 aliphatic rings. The van der Waals surface area contributed by atoms with Crippen molar-refractivity contribution in [3.05, 3.63) is 64.6 Å². The minimum Gasteiger partial charge on any atom is -0.497 e. The lowest BCUT2D eigenvalue weighted by molar-refractivity contribution is 0.0942. The number of para-hydroxylation sites is 1. The van der Waals surface area contributed by atoms with Crippen molar-refractivity contribution < 1.29 is 9.53 Å². The number of methoxy groups -OCH3 is 1. The van der Waals surface area contributed by atoms with E-state index in [0.29, 0.717) is 40.7 Å². The Balaban J connectivity index is 1.47. The number of carbonyl (C=O) groups excluding carboxylic acids is 1. The fraction of sp³-hybridized carbons (Fsp3) is 0.414. The number of hydrogen-bond donors (Lipinski definition) is 1. The van der Waals surface area contributed by atoms with Crippen LogP contribution >= 0.6 is 0 Å². The summed E-state index contributed by atoms with van der Waals surface area (Å²) in [4.78, 5) is 29.7. The molecular formula is C29H35N5O3. The van der Waals surface area contributed by atoms with E-state index in [4.69, 9.17) is 4.74 Å². The van der Waals surface area contributed by atoms with Gasteiger partial charge in [-0.3, -0.25) is 9.59 Å². The zero-order valence-electron chi connectivity index (χ0n) is 22.0. The standard InChI is InChI=1S/C29H35N5O3/c1-19-16-20(2)18-33(17-19)15-7-14-30-28(35)26-25-23-8-5-6-9-24(23)32(3)27(25)29(36)34(31-26)21-10-12-22(37-4)13-11-21/h5-6,8-13,19-20H,7,14-18H2,1-4H3,(H,30,35)/t19-,20-/m1/s1. The molecule has 2 atom stereocenters. The van der Waals surface area contributed by atoms with Crippen molar-refractivity contribution >= 4 is 27.7 Å². The SMILES string of the molecule is COc1ccc(-n2nc(C(=O)NCCCN3C[C@H](C)C[C@@H](C)C3)c3c4ccccc4n(C)c3c2=O)cc1. The van der Waals surface area contributed by atoms with E-state index in [1.807, 2.05) is 35.9 Å². The predicted octanol–water partition coefficient (Wildman–Crippen LogP) is 3.98. The average molecular weight is 502 g/mol. The number of ether oxygens (including phenoxy) is 1. The maximum atomic E-state index is 13.6. The number of nitrogens with zero attached hydrogens (tertiary/aromatic N) is 4. The number of likely N-dealkylation sites (tertiary alicyclic amines) is 1. The number of nitrogens with one attached hydrogen (secondary N) is 1. The van der Waals surface area contributed by atoms with Crippen LogP contribution in [0.25, 0.3) is 27.5 Å². The summed E-state index contributed by atoms with van der Waals surface area (Å²) < 4.78 is 8.42. The molecule has 8 nitrogen and oxygen atoms in total. The quantitative estimate of drug-likeness (QED) is 0.388. The van der Waals surface area contributed by atoms with Crippen LogP contribution in [0.1, 0.15) is 37.2 Å². The van der Waals surface area contributed by atoms with Crippen molar-refractivity contribution in [3.63, 3.8) is 0 Å². The third-order valence-corrected chi connectivity index (χ3v) is 7.35. The molecule has 37 heavy (non-hydrogen) atoms. The van der Waals surface area contributed by atoms with Gasteiger partial charge < -0.3 is 19.5 Å². The number of aryl methyl sites for hydroxylation is 1. The second kappa shape index (κ2) is 10.4. The minimum absolute atomic E-state index is 0.252. The molecule has 194 valence electrons. The molecule has 2 aromatic carbocycles. The summed E-state index contributed by atoms with van der Waals surface area (Å²) in [5.41, 5.74) is 1.88. The molecule has 0 bridgehead atoms. The Hall–Kier alpha value is -3.65. The van der Waals surface area contributed by atoms with Gasteiger partial charge in [-0.25, -0.2) is 0 Å². The zero-order valence-corrected chi connectivity index (χ0v) is 22.0. The van der Waals surface area contributed by atoms with Gasteiger partial charge in [-0.2, -0.15) is 9.78 Å². The molecular weight excluding hydrogens is 466 g/mol. The number of rotatable bonds is 7. The van der Waals surface area contributed by atoms with E-state index in [2.05, 4.69) is 29.2 Å². The Morgan fingerprint density at radius 1 is 1.08 bits per heavy atom.